The van der Waals surface area contributed by atoms with E-state index in [0.717, 1.165) is 0 Å². The number of hydrogen-bond donors (Lipinski definition) is 2. The lowest BCUT2D eigenvalue weighted by Crippen LogP contribution is -2.13. The predicted molar refractivity (Wildman–Crippen MR) is 84.3 cm³/mol. The third kappa shape index (κ3) is 3.80. The van der Waals surface area contributed by atoms with Crippen LogP contribution in [0.4, 0.5) is 11.4 Å². The number of nitrogen functional groups attached to an aromatic ring is 1. The number of sulfonamides is 1. The highest BCUT2D eigenvalue weighted by Gasteiger charge is 2.15. The van der Waals surface area contributed by atoms with E-state index in [1.165, 1.54) is 18.2 Å². The van der Waals surface area contributed by atoms with Crippen molar-refractivity contribution in [3.63, 3.8) is 0 Å². The molecule has 2 aromatic carbocycles. The van der Waals surface area contributed by atoms with Gasteiger partial charge in [-0.2, -0.15) is 0 Å². The predicted octanol–water partition coefficient (Wildman–Crippen LogP) is 3.12. The minimum Gasteiger partial charge on any atom is -0.494 e. The van der Waals surface area contributed by atoms with Gasteiger partial charge in [-0.05, 0) is 49.4 Å². The molecule has 0 aliphatic heterocycles. The molecule has 21 heavy (non-hydrogen) atoms. The van der Waals surface area contributed by atoms with Crippen molar-refractivity contribution in [3.05, 3.63) is 47.5 Å². The Bertz CT molecular complexity index is 730. The Labute approximate surface area is 128 Å². The molecule has 0 aliphatic carbocycles. The van der Waals surface area contributed by atoms with Gasteiger partial charge < -0.3 is 10.5 Å². The van der Waals surface area contributed by atoms with Crippen LogP contribution in [-0.4, -0.2) is 15.0 Å². The van der Waals surface area contributed by atoms with Gasteiger partial charge in [0.2, 0.25) is 0 Å². The Morgan fingerprint density at radius 1 is 1.19 bits per heavy atom. The van der Waals surface area contributed by atoms with Crippen molar-refractivity contribution in [1.29, 1.82) is 0 Å². The van der Waals surface area contributed by atoms with Crippen LogP contribution in [0.15, 0.2) is 47.4 Å². The van der Waals surface area contributed by atoms with Crippen LogP contribution in [-0.2, 0) is 10.0 Å². The van der Waals surface area contributed by atoms with E-state index in [4.69, 9.17) is 22.1 Å². The molecule has 3 N–H and O–H groups in total. The molecule has 0 heterocycles. The van der Waals surface area contributed by atoms with E-state index >= 15 is 0 Å². The Balaban J connectivity index is 2.22. The summed E-state index contributed by atoms with van der Waals surface area (Å²) in [6.45, 7) is 2.43. The molecule has 0 amide bonds. The normalized spacial score (nSPS) is 11.1. The van der Waals surface area contributed by atoms with Crippen LogP contribution in [0.3, 0.4) is 0 Å². The molecule has 0 saturated heterocycles. The van der Waals surface area contributed by atoms with Crippen molar-refractivity contribution in [1.82, 2.24) is 0 Å². The van der Waals surface area contributed by atoms with Crippen LogP contribution >= 0.6 is 11.6 Å². The standard InChI is InChI=1S/C14H15ClN2O3S/c1-2-20-11-5-3-10(4-6-11)17-21(18,19)12-7-8-13(15)14(16)9-12/h3-9,17H,2,16H2,1H3. The summed E-state index contributed by atoms with van der Waals surface area (Å²) in [5.74, 6) is 0.677. The summed E-state index contributed by atoms with van der Waals surface area (Å²) in [7, 11) is -3.71. The first-order chi connectivity index (χ1) is 9.92. The lowest BCUT2D eigenvalue weighted by Gasteiger charge is -2.10. The minimum atomic E-state index is -3.71. The summed E-state index contributed by atoms with van der Waals surface area (Å²) in [6.07, 6.45) is 0. The fourth-order valence-corrected chi connectivity index (χ4v) is 2.90. The van der Waals surface area contributed by atoms with E-state index in [2.05, 4.69) is 4.72 Å². The molecule has 0 unspecified atom stereocenters. The highest BCUT2D eigenvalue weighted by Crippen LogP contribution is 2.24. The van der Waals surface area contributed by atoms with E-state index < -0.39 is 10.0 Å². The fraction of sp³-hybridized carbons (Fsp3) is 0.143. The van der Waals surface area contributed by atoms with Crippen molar-refractivity contribution in [2.24, 2.45) is 0 Å². The monoisotopic (exact) mass is 326 g/mol. The van der Waals surface area contributed by atoms with E-state index in [9.17, 15) is 8.42 Å². The van der Waals surface area contributed by atoms with Crippen LogP contribution in [0.5, 0.6) is 5.75 Å². The summed E-state index contributed by atoms with van der Waals surface area (Å²) in [5.41, 5.74) is 6.27. The lowest BCUT2D eigenvalue weighted by atomic mass is 10.3. The van der Waals surface area contributed by atoms with Gasteiger partial charge in [-0.3, -0.25) is 4.72 Å². The number of nitrogens with one attached hydrogen (secondary N) is 1. The highest BCUT2D eigenvalue weighted by atomic mass is 35.5. The Kier molecular flexibility index (Phi) is 4.59. The Morgan fingerprint density at radius 2 is 1.86 bits per heavy atom. The topological polar surface area (TPSA) is 81.4 Å². The largest absolute Gasteiger partial charge is 0.494 e. The van der Waals surface area contributed by atoms with Gasteiger partial charge in [-0.25, -0.2) is 8.42 Å². The number of hydrogen-bond acceptors (Lipinski definition) is 4. The number of benzene rings is 2. The molecule has 0 saturated carbocycles. The molecular formula is C14H15ClN2O3S. The molecular weight excluding hydrogens is 312 g/mol. The molecule has 0 atom stereocenters. The summed E-state index contributed by atoms with van der Waals surface area (Å²) < 4.78 is 32.2. The summed E-state index contributed by atoms with van der Waals surface area (Å²) >= 11 is 5.78. The third-order valence-electron chi connectivity index (χ3n) is 2.70. The van der Waals surface area contributed by atoms with Gasteiger partial charge in [0, 0.05) is 5.69 Å². The molecule has 0 fully saturated rings. The van der Waals surface area contributed by atoms with Crippen molar-refractivity contribution in [3.8, 4) is 5.75 Å². The molecule has 5 nitrogen and oxygen atoms in total. The van der Waals surface area contributed by atoms with Gasteiger partial charge in [0.05, 0.1) is 22.2 Å². The van der Waals surface area contributed by atoms with E-state index in [1.54, 1.807) is 24.3 Å². The van der Waals surface area contributed by atoms with Gasteiger partial charge in [-0.1, -0.05) is 11.6 Å². The first-order valence-corrected chi connectivity index (χ1v) is 8.09. The SMILES string of the molecule is CCOc1ccc(NS(=O)(=O)c2ccc(Cl)c(N)c2)cc1. The number of ether oxygens (including phenoxy) is 1. The second-order valence-corrected chi connectivity index (χ2v) is 6.34. The quantitative estimate of drug-likeness (QED) is 0.827. The van der Waals surface area contributed by atoms with Crippen LogP contribution in [0.1, 0.15) is 6.92 Å². The molecule has 2 rings (SSSR count). The van der Waals surface area contributed by atoms with E-state index in [0.29, 0.717) is 23.1 Å². The number of halogens is 1. The fourth-order valence-electron chi connectivity index (χ4n) is 1.69. The first kappa shape index (κ1) is 15.5. The molecule has 0 bridgehead atoms. The summed E-state index contributed by atoms with van der Waals surface area (Å²) in [5, 5.41) is 0.315. The second kappa shape index (κ2) is 6.24. The molecule has 2 aromatic rings. The van der Waals surface area contributed by atoms with Crippen LogP contribution in [0.2, 0.25) is 5.02 Å². The Morgan fingerprint density at radius 3 is 2.43 bits per heavy atom. The maximum Gasteiger partial charge on any atom is 0.261 e. The van der Waals surface area contributed by atoms with Crippen molar-refractivity contribution in [2.45, 2.75) is 11.8 Å². The summed E-state index contributed by atoms with van der Waals surface area (Å²) in [4.78, 5) is 0.0540. The average Bonchev–Trinajstić information content (AvgIpc) is 2.44. The van der Waals surface area contributed by atoms with Gasteiger partial charge in [0.1, 0.15) is 5.75 Å². The first-order valence-electron chi connectivity index (χ1n) is 6.23. The maximum absolute atomic E-state index is 12.2. The molecule has 0 aromatic heterocycles. The molecule has 0 radical (unpaired) electrons. The van der Waals surface area contributed by atoms with Crippen LogP contribution < -0.4 is 15.2 Å². The van der Waals surface area contributed by atoms with Crippen LogP contribution in [0.25, 0.3) is 0 Å². The third-order valence-corrected chi connectivity index (χ3v) is 4.42. The number of rotatable bonds is 5. The van der Waals surface area contributed by atoms with Crippen molar-refractivity contribution < 1.29 is 13.2 Å². The summed E-state index contributed by atoms with van der Waals surface area (Å²) in [6, 6.07) is 10.8. The Hall–Kier alpha value is -1.92. The second-order valence-electron chi connectivity index (χ2n) is 4.25. The number of anilines is 2. The van der Waals surface area contributed by atoms with Gasteiger partial charge >= 0.3 is 0 Å². The van der Waals surface area contributed by atoms with Crippen molar-refractivity contribution >= 4 is 33.0 Å². The minimum absolute atomic E-state index is 0.0540. The van der Waals surface area contributed by atoms with Crippen LogP contribution in [0, 0.1) is 0 Å². The van der Waals surface area contributed by atoms with E-state index in [-0.39, 0.29) is 10.6 Å². The van der Waals surface area contributed by atoms with Gasteiger partial charge in [-0.15, -0.1) is 0 Å². The van der Waals surface area contributed by atoms with Crippen molar-refractivity contribution in [2.75, 3.05) is 17.1 Å². The maximum atomic E-state index is 12.2. The molecule has 7 heteroatoms. The van der Waals surface area contributed by atoms with Gasteiger partial charge in [0.25, 0.3) is 10.0 Å². The van der Waals surface area contributed by atoms with Gasteiger partial charge in [0.15, 0.2) is 0 Å². The average molecular weight is 327 g/mol. The number of nitrogens with two attached hydrogens (primary N) is 1. The smallest absolute Gasteiger partial charge is 0.261 e. The molecule has 0 aliphatic rings. The highest BCUT2D eigenvalue weighted by molar-refractivity contribution is 7.92. The van der Waals surface area contributed by atoms with E-state index in [1.807, 2.05) is 6.92 Å². The zero-order valence-corrected chi connectivity index (χ0v) is 12.9. The lowest BCUT2D eigenvalue weighted by molar-refractivity contribution is 0.340. The molecule has 0 spiro atoms. The zero-order valence-electron chi connectivity index (χ0n) is 11.3. The molecule has 112 valence electrons. The zero-order chi connectivity index (χ0) is 15.5.